The van der Waals surface area contributed by atoms with Crippen molar-refractivity contribution in [1.29, 1.82) is 0 Å². The predicted octanol–water partition coefficient (Wildman–Crippen LogP) is 3.07. The molecule has 1 nitrogen and oxygen atoms in total. The van der Waals surface area contributed by atoms with Gasteiger partial charge in [0.1, 0.15) is 0 Å². The molecule has 1 aliphatic rings. The van der Waals surface area contributed by atoms with Crippen LogP contribution in [0.3, 0.4) is 0 Å². The minimum Gasteiger partial charge on any atom is -0.264 e. The number of pyridine rings is 1. The van der Waals surface area contributed by atoms with Crippen LogP contribution in [0.5, 0.6) is 0 Å². The molecule has 1 heterocycles. The van der Waals surface area contributed by atoms with Crippen LogP contribution in [0.15, 0.2) is 24.0 Å². The van der Waals surface area contributed by atoms with Crippen LogP contribution >= 0.6 is 0 Å². The molecular formula is C12H15N. The minimum absolute atomic E-state index is 0.660. The normalized spacial score (nSPS) is 15.4. The largest absolute Gasteiger partial charge is 0.264 e. The summed E-state index contributed by atoms with van der Waals surface area (Å²) in [6, 6.07) is 2.13. The molecule has 0 aromatic carbocycles. The van der Waals surface area contributed by atoms with E-state index in [2.05, 4.69) is 31.8 Å². The average molecular weight is 173 g/mol. The van der Waals surface area contributed by atoms with E-state index in [-0.39, 0.29) is 0 Å². The number of allylic oxidation sites excluding steroid dienone is 2. The summed E-state index contributed by atoms with van der Waals surface area (Å²) >= 11 is 0. The van der Waals surface area contributed by atoms with E-state index >= 15 is 0 Å². The quantitative estimate of drug-likeness (QED) is 0.636. The first-order chi connectivity index (χ1) is 6.20. The lowest BCUT2D eigenvalue weighted by Gasteiger charge is -2.06. The van der Waals surface area contributed by atoms with E-state index < -0.39 is 0 Å². The van der Waals surface area contributed by atoms with E-state index in [0.717, 1.165) is 6.42 Å². The molecule has 2 rings (SSSR count). The molecule has 0 bridgehead atoms. The standard InChI is InChI=1S/C12H15N/c1-8(2)12-6-10-7-13-5-4-11(10)9(12)3/h4-5,7-8H,6H2,1-3H3. The fourth-order valence-electron chi connectivity index (χ4n) is 2.08. The molecule has 0 saturated heterocycles. The summed E-state index contributed by atoms with van der Waals surface area (Å²) in [6.45, 7) is 6.75. The number of hydrogen-bond donors (Lipinski definition) is 0. The van der Waals surface area contributed by atoms with E-state index in [1.807, 2.05) is 12.4 Å². The van der Waals surface area contributed by atoms with Crippen molar-refractivity contribution in [1.82, 2.24) is 4.98 Å². The van der Waals surface area contributed by atoms with Crippen molar-refractivity contribution < 1.29 is 0 Å². The van der Waals surface area contributed by atoms with Gasteiger partial charge >= 0.3 is 0 Å². The van der Waals surface area contributed by atoms with Gasteiger partial charge in [-0.3, -0.25) is 4.98 Å². The predicted molar refractivity (Wildman–Crippen MR) is 55.4 cm³/mol. The number of hydrogen-bond acceptors (Lipinski definition) is 1. The summed E-state index contributed by atoms with van der Waals surface area (Å²) in [5.41, 5.74) is 5.83. The Morgan fingerprint density at radius 2 is 2.15 bits per heavy atom. The van der Waals surface area contributed by atoms with Gasteiger partial charge in [-0.15, -0.1) is 0 Å². The molecule has 0 amide bonds. The molecule has 0 radical (unpaired) electrons. The van der Waals surface area contributed by atoms with E-state index in [1.54, 1.807) is 5.57 Å². The van der Waals surface area contributed by atoms with Crippen LogP contribution in [-0.2, 0) is 6.42 Å². The maximum Gasteiger partial charge on any atom is 0.0309 e. The summed E-state index contributed by atoms with van der Waals surface area (Å²) in [6.07, 6.45) is 4.98. The molecule has 0 spiro atoms. The topological polar surface area (TPSA) is 12.9 Å². The molecule has 68 valence electrons. The zero-order valence-electron chi connectivity index (χ0n) is 8.46. The molecule has 1 aromatic rings. The third-order valence-corrected chi connectivity index (χ3v) is 2.87. The second-order valence-electron chi connectivity index (χ2n) is 4.01. The summed E-state index contributed by atoms with van der Waals surface area (Å²) in [7, 11) is 0. The highest BCUT2D eigenvalue weighted by molar-refractivity contribution is 5.74. The van der Waals surface area contributed by atoms with Crippen LogP contribution in [-0.4, -0.2) is 4.98 Å². The van der Waals surface area contributed by atoms with Crippen molar-refractivity contribution in [3.05, 3.63) is 35.2 Å². The average Bonchev–Trinajstić information content (AvgIpc) is 2.45. The second kappa shape index (κ2) is 2.99. The summed E-state index contributed by atoms with van der Waals surface area (Å²) in [4.78, 5) is 4.16. The fourth-order valence-corrected chi connectivity index (χ4v) is 2.08. The third-order valence-electron chi connectivity index (χ3n) is 2.87. The summed E-state index contributed by atoms with van der Waals surface area (Å²) in [5, 5.41) is 0. The van der Waals surface area contributed by atoms with E-state index in [1.165, 1.54) is 16.7 Å². The molecule has 0 fully saturated rings. The van der Waals surface area contributed by atoms with Crippen molar-refractivity contribution in [2.24, 2.45) is 5.92 Å². The number of rotatable bonds is 1. The molecule has 0 atom stereocenters. The monoisotopic (exact) mass is 173 g/mol. The maximum atomic E-state index is 4.16. The molecule has 0 N–H and O–H groups in total. The van der Waals surface area contributed by atoms with E-state index in [9.17, 15) is 0 Å². The highest BCUT2D eigenvalue weighted by atomic mass is 14.6. The van der Waals surface area contributed by atoms with Gasteiger partial charge in [-0.1, -0.05) is 19.4 Å². The van der Waals surface area contributed by atoms with Crippen molar-refractivity contribution in [3.63, 3.8) is 0 Å². The number of aromatic nitrogens is 1. The van der Waals surface area contributed by atoms with Crippen molar-refractivity contribution in [3.8, 4) is 0 Å². The van der Waals surface area contributed by atoms with Gasteiger partial charge in [0.25, 0.3) is 0 Å². The highest BCUT2D eigenvalue weighted by Gasteiger charge is 2.19. The molecule has 1 aliphatic carbocycles. The van der Waals surface area contributed by atoms with Crippen LogP contribution in [0.1, 0.15) is 31.9 Å². The molecule has 13 heavy (non-hydrogen) atoms. The van der Waals surface area contributed by atoms with E-state index in [4.69, 9.17) is 0 Å². The minimum atomic E-state index is 0.660. The first-order valence-corrected chi connectivity index (χ1v) is 4.83. The van der Waals surface area contributed by atoms with Gasteiger partial charge in [-0.25, -0.2) is 0 Å². The molecule has 1 aromatic heterocycles. The van der Waals surface area contributed by atoms with Gasteiger partial charge in [0.2, 0.25) is 0 Å². The zero-order chi connectivity index (χ0) is 9.42. The molecular weight excluding hydrogens is 158 g/mol. The van der Waals surface area contributed by atoms with Crippen LogP contribution in [0, 0.1) is 5.92 Å². The lowest BCUT2D eigenvalue weighted by Crippen LogP contribution is -1.94. The first-order valence-electron chi connectivity index (χ1n) is 4.83. The fraction of sp³-hybridized carbons (Fsp3) is 0.417. The van der Waals surface area contributed by atoms with Crippen LogP contribution < -0.4 is 0 Å². The number of fused-ring (bicyclic) bond motifs is 1. The van der Waals surface area contributed by atoms with Gasteiger partial charge in [0.05, 0.1) is 0 Å². The first kappa shape index (κ1) is 8.49. The Morgan fingerprint density at radius 1 is 1.38 bits per heavy atom. The molecule has 0 aliphatic heterocycles. The maximum absolute atomic E-state index is 4.16. The lowest BCUT2D eigenvalue weighted by atomic mass is 9.99. The van der Waals surface area contributed by atoms with E-state index in [0.29, 0.717) is 5.92 Å². The SMILES string of the molecule is CC1=C(C(C)C)Cc2cnccc21. The highest BCUT2D eigenvalue weighted by Crippen LogP contribution is 2.35. The summed E-state index contributed by atoms with van der Waals surface area (Å²) in [5.74, 6) is 0.660. The molecule has 1 heteroatoms. The van der Waals surface area contributed by atoms with Gasteiger partial charge in [0.15, 0.2) is 0 Å². The molecule has 0 saturated carbocycles. The molecule has 0 unspecified atom stereocenters. The lowest BCUT2D eigenvalue weighted by molar-refractivity contribution is 0.751. The Morgan fingerprint density at radius 3 is 2.77 bits per heavy atom. The third kappa shape index (κ3) is 1.28. The Bertz CT molecular complexity index is 361. The van der Waals surface area contributed by atoms with Gasteiger partial charge in [-0.05, 0) is 42.0 Å². The van der Waals surface area contributed by atoms with Crippen molar-refractivity contribution in [2.75, 3.05) is 0 Å². The van der Waals surface area contributed by atoms with Gasteiger partial charge < -0.3 is 0 Å². The Hall–Kier alpha value is -1.11. The summed E-state index contributed by atoms with van der Waals surface area (Å²) < 4.78 is 0. The van der Waals surface area contributed by atoms with Crippen LogP contribution in [0.25, 0.3) is 5.57 Å². The smallest absolute Gasteiger partial charge is 0.0309 e. The van der Waals surface area contributed by atoms with Crippen LogP contribution in [0.4, 0.5) is 0 Å². The zero-order valence-corrected chi connectivity index (χ0v) is 8.46. The Balaban J connectivity index is 2.47. The number of nitrogens with zero attached hydrogens (tertiary/aromatic N) is 1. The Kier molecular flexibility index (Phi) is 1.95. The second-order valence-corrected chi connectivity index (χ2v) is 4.01. The van der Waals surface area contributed by atoms with Crippen molar-refractivity contribution in [2.45, 2.75) is 27.2 Å². The van der Waals surface area contributed by atoms with Crippen LogP contribution in [0.2, 0.25) is 0 Å². The van der Waals surface area contributed by atoms with Gasteiger partial charge in [0, 0.05) is 12.4 Å². The van der Waals surface area contributed by atoms with Gasteiger partial charge in [-0.2, -0.15) is 0 Å². The van der Waals surface area contributed by atoms with Crippen molar-refractivity contribution >= 4 is 5.57 Å². The Labute approximate surface area is 79.5 Å².